The topological polar surface area (TPSA) is 40.9 Å². The summed E-state index contributed by atoms with van der Waals surface area (Å²) < 4.78 is 15.9. The van der Waals surface area contributed by atoms with Crippen LogP contribution in [0.1, 0.15) is 22.5 Å². The summed E-state index contributed by atoms with van der Waals surface area (Å²) in [5.41, 5.74) is 2.53. The van der Waals surface area contributed by atoms with E-state index in [0.29, 0.717) is 18.1 Å². The zero-order chi connectivity index (χ0) is 19.0. The molecular weight excluding hydrogens is 343 g/mol. The van der Waals surface area contributed by atoms with Crippen LogP contribution in [0.3, 0.4) is 0 Å². The first-order valence-electron chi connectivity index (χ1n) is 9.22. The van der Waals surface area contributed by atoms with Crippen LogP contribution in [0.4, 0.5) is 10.1 Å². The molecular formula is C21H23FN4O. The summed E-state index contributed by atoms with van der Waals surface area (Å²) in [6.45, 7) is 4.38. The second-order valence-electron chi connectivity index (χ2n) is 7.31. The summed E-state index contributed by atoms with van der Waals surface area (Å²) in [6, 6.07) is 13.9. The molecule has 6 heteroatoms. The van der Waals surface area contributed by atoms with Gasteiger partial charge in [-0.05, 0) is 49.1 Å². The summed E-state index contributed by atoms with van der Waals surface area (Å²) in [7, 11) is 1.72. The van der Waals surface area contributed by atoms with Crippen LogP contribution < -0.4 is 4.90 Å². The molecule has 4 rings (SSSR count). The average molecular weight is 366 g/mol. The second kappa shape index (κ2) is 7.02. The van der Waals surface area contributed by atoms with Crippen LogP contribution >= 0.6 is 0 Å². The molecule has 2 aromatic heterocycles. The lowest BCUT2D eigenvalue weighted by atomic mass is 10.1. The lowest BCUT2D eigenvalue weighted by Crippen LogP contribution is -2.33. The first-order valence-corrected chi connectivity index (χ1v) is 9.22. The number of pyridine rings is 1. The largest absolute Gasteiger partial charge is 0.371 e. The molecule has 0 aliphatic carbocycles. The summed E-state index contributed by atoms with van der Waals surface area (Å²) in [5.74, 6) is -0.604. The number of carbonyl (C=O) groups is 1. The summed E-state index contributed by atoms with van der Waals surface area (Å²) >= 11 is 0. The van der Waals surface area contributed by atoms with Crippen molar-refractivity contribution in [3.8, 4) is 0 Å². The SMILES string of the molecule is Cc1ccn2c(F)c(C(=O)N(C)CC3CCN(c4ccccc4)C3)nc2c1. The van der Waals surface area contributed by atoms with Crippen molar-refractivity contribution in [3.63, 3.8) is 0 Å². The Labute approximate surface area is 158 Å². The van der Waals surface area contributed by atoms with Crippen molar-refractivity contribution in [2.75, 3.05) is 31.6 Å². The molecule has 1 fully saturated rings. The number of imidazole rings is 1. The highest BCUT2D eigenvalue weighted by atomic mass is 19.1. The van der Waals surface area contributed by atoms with Gasteiger partial charge in [-0.25, -0.2) is 4.98 Å². The van der Waals surface area contributed by atoms with Crippen molar-refractivity contribution in [2.45, 2.75) is 13.3 Å². The molecule has 140 valence electrons. The molecule has 1 amide bonds. The molecule has 0 bridgehead atoms. The monoisotopic (exact) mass is 366 g/mol. The van der Waals surface area contributed by atoms with Gasteiger partial charge in [0.25, 0.3) is 5.91 Å². The Morgan fingerprint density at radius 3 is 2.85 bits per heavy atom. The minimum Gasteiger partial charge on any atom is -0.371 e. The van der Waals surface area contributed by atoms with Gasteiger partial charge >= 0.3 is 0 Å². The Morgan fingerprint density at radius 1 is 1.30 bits per heavy atom. The van der Waals surface area contributed by atoms with E-state index in [1.54, 1.807) is 30.3 Å². The quantitative estimate of drug-likeness (QED) is 0.711. The Hall–Kier alpha value is -2.89. The number of fused-ring (bicyclic) bond motifs is 1. The van der Waals surface area contributed by atoms with Crippen molar-refractivity contribution in [1.82, 2.24) is 14.3 Å². The highest BCUT2D eigenvalue weighted by Gasteiger charge is 2.28. The number of hydrogen-bond donors (Lipinski definition) is 0. The Balaban J connectivity index is 1.45. The number of para-hydroxylation sites is 1. The van der Waals surface area contributed by atoms with E-state index in [0.717, 1.165) is 25.1 Å². The lowest BCUT2D eigenvalue weighted by molar-refractivity contribution is 0.0766. The van der Waals surface area contributed by atoms with Crippen LogP contribution in [0, 0.1) is 18.8 Å². The number of aromatic nitrogens is 2. The number of carbonyl (C=O) groups excluding carboxylic acids is 1. The predicted octanol–water partition coefficient (Wildman–Crippen LogP) is 3.38. The van der Waals surface area contributed by atoms with Gasteiger partial charge in [0.15, 0.2) is 5.69 Å². The number of benzene rings is 1. The van der Waals surface area contributed by atoms with Crippen molar-refractivity contribution in [3.05, 3.63) is 65.9 Å². The van der Waals surface area contributed by atoms with Crippen molar-refractivity contribution in [1.29, 1.82) is 0 Å². The Kier molecular flexibility index (Phi) is 4.56. The van der Waals surface area contributed by atoms with Gasteiger partial charge in [-0.15, -0.1) is 0 Å². The maximum Gasteiger partial charge on any atom is 0.277 e. The first-order chi connectivity index (χ1) is 13.0. The van der Waals surface area contributed by atoms with Gasteiger partial charge < -0.3 is 9.80 Å². The van der Waals surface area contributed by atoms with Crippen LogP contribution in [-0.2, 0) is 0 Å². The van der Waals surface area contributed by atoms with E-state index in [4.69, 9.17) is 0 Å². The third-order valence-electron chi connectivity index (χ3n) is 5.21. The minimum atomic E-state index is -0.598. The van der Waals surface area contributed by atoms with Crippen LogP contribution in [0.25, 0.3) is 5.65 Å². The van der Waals surface area contributed by atoms with E-state index in [-0.39, 0.29) is 11.6 Å². The van der Waals surface area contributed by atoms with Gasteiger partial charge in [-0.1, -0.05) is 18.2 Å². The van der Waals surface area contributed by atoms with Gasteiger partial charge in [0.05, 0.1) is 0 Å². The second-order valence-corrected chi connectivity index (χ2v) is 7.31. The fourth-order valence-electron chi connectivity index (χ4n) is 3.76. The number of nitrogens with zero attached hydrogens (tertiary/aromatic N) is 4. The molecule has 27 heavy (non-hydrogen) atoms. The normalized spacial score (nSPS) is 16.9. The molecule has 3 heterocycles. The van der Waals surface area contributed by atoms with Crippen LogP contribution in [0.5, 0.6) is 0 Å². The maximum atomic E-state index is 14.6. The van der Waals surface area contributed by atoms with Gasteiger partial charge in [0, 0.05) is 38.6 Å². The zero-order valence-electron chi connectivity index (χ0n) is 15.6. The van der Waals surface area contributed by atoms with Crippen LogP contribution in [0.2, 0.25) is 0 Å². The molecule has 1 atom stereocenters. The zero-order valence-corrected chi connectivity index (χ0v) is 15.6. The fraction of sp³-hybridized carbons (Fsp3) is 0.333. The molecule has 0 radical (unpaired) electrons. The van der Waals surface area contributed by atoms with E-state index in [1.165, 1.54) is 10.1 Å². The first kappa shape index (κ1) is 17.5. The molecule has 3 aromatic rings. The molecule has 5 nitrogen and oxygen atoms in total. The van der Waals surface area contributed by atoms with Gasteiger partial charge in [-0.2, -0.15) is 4.39 Å². The fourth-order valence-corrected chi connectivity index (χ4v) is 3.76. The summed E-state index contributed by atoms with van der Waals surface area (Å²) in [5, 5.41) is 0. The van der Waals surface area contributed by atoms with E-state index in [1.807, 2.05) is 25.1 Å². The Morgan fingerprint density at radius 2 is 2.07 bits per heavy atom. The van der Waals surface area contributed by atoms with Crippen LogP contribution in [0.15, 0.2) is 48.7 Å². The van der Waals surface area contributed by atoms with E-state index in [2.05, 4.69) is 22.0 Å². The third-order valence-corrected chi connectivity index (χ3v) is 5.21. The van der Waals surface area contributed by atoms with E-state index < -0.39 is 5.95 Å². The number of amides is 1. The molecule has 0 N–H and O–H groups in total. The number of halogens is 1. The molecule has 1 aliphatic heterocycles. The van der Waals surface area contributed by atoms with Crippen molar-refractivity contribution in [2.24, 2.45) is 5.92 Å². The van der Waals surface area contributed by atoms with Gasteiger partial charge in [0.1, 0.15) is 5.65 Å². The summed E-state index contributed by atoms with van der Waals surface area (Å²) in [6.07, 6.45) is 2.62. The highest BCUT2D eigenvalue weighted by Crippen LogP contribution is 2.24. The predicted molar refractivity (Wildman–Crippen MR) is 104 cm³/mol. The van der Waals surface area contributed by atoms with Gasteiger partial charge in [-0.3, -0.25) is 9.20 Å². The highest BCUT2D eigenvalue weighted by molar-refractivity contribution is 5.93. The molecule has 1 aromatic carbocycles. The van der Waals surface area contributed by atoms with Gasteiger partial charge in [0.2, 0.25) is 5.95 Å². The Bertz CT molecular complexity index is 969. The molecule has 1 saturated heterocycles. The number of rotatable bonds is 4. The molecule has 1 aliphatic rings. The standard InChI is InChI=1S/C21H23FN4O/c1-15-8-11-26-18(12-15)23-19(20(26)22)21(27)24(2)13-16-9-10-25(14-16)17-6-4-3-5-7-17/h3-8,11-12,16H,9-10,13-14H2,1-2H3. The molecule has 1 unspecified atom stereocenters. The number of anilines is 1. The maximum absolute atomic E-state index is 14.6. The summed E-state index contributed by atoms with van der Waals surface area (Å²) in [4.78, 5) is 20.9. The smallest absolute Gasteiger partial charge is 0.277 e. The molecule has 0 saturated carbocycles. The molecule has 0 spiro atoms. The minimum absolute atomic E-state index is 0.110. The van der Waals surface area contributed by atoms with Crippen molar-refractivity contribution < 1.29 is 9.18 Å². The lowest BCUT2D eigenvalue weighted by Gasteiger charge is -2.22. The third kappa shape index (κ3) is 3.39. The van der Waals surface area contributed by atoms with E-state index >= 15 is 0 Å². The van der Waals surface area contributed by atoms with Crippen molar-refractivity contribution >= 4 is 17.2 Å². The number of hydrogen-bond acceptors (Lipinski definition) is 3. The number of aryl methyl sites for hydroxylation is 1. The van der Waals surface area contributed by atoms with Crippen LogP contribution in [-0.4, -0.2) is 46.9 Å². The van der Waals surface area contributed by atoms with E-state index in [9.17, 15) is 9.18 Å². The average Bonchev–Trinajstić information content (AvgIpc) is 3.26.